The third-order valence-corrected chi connectivity index (χ3v) is 4.58. The summed E-state index contributed by atoms with van der Waals surface area (Å²) in [5.41, 5.74) is 1.19. The lowest BCUT2D eigenvalue weighted by atomic mass is 10.0. The lowest BCUT2D eigenvalue weighted by molar-refractivity contribution is 0.133. The number of nitrogens with zero attached hydrogens (tertiary/aromatic N) is 2. The second-order valence-electron chi connectivity index (χ2n) is 5.30. The van der Waals surface area contributed by atoms with Crippen molar-refractivity contribution in [1.29, 1.82) is 0 Å². The number of rotatable bonds is 3. The number of methoxy groups -OCH3 is 1. The number of hydrogen-bond donors (Lipinski definition) is 0. The van der Waals surface area contributed by atoms with Gasteiger partial charge in [0.05, 0.1) is 7.11 Å². The van der Waals surface area contributed by atoms with E-state index in [9.17, 15) is 0 Å². The number of pyridine rings is 1. The van der Waals surface area contributed by atoms with Gasteiger partial charge in [0.2, 0.25) is 5.88 Å². The fourth-order valence-corrected chi connectivity index (χ4v) is 3.80. The highest BCUT2D eigenvalue weighted by molar-refractivity contribution is 6.20. The van der Waals surface area contributed by atoms with Gasteiger partial charge in [-0.15, -0.1) is 11.6 Å². The van der Waals surface area contributed by atoms with Gasteiger partial charge in [-0.1, -0.05) is 6.07 Å². The van der Waals surface area contributed by atoms with Crippen molar-refractivity contribution in [2.24, 2.45) is 0 Å². The lowest BCUT2D eigenvalue weighted by Crippen LogP contribution is -2.42. The molecule has 0 saturated carbocycles. The Morgan fingerprint density at radius 1 is 1.39 bits per heavy atom. The second-order valence-corrected chi connectivity index (χ2v) is 5.92. The average molecular weight is 267 g/mol. The van der Waals surface area contributed by atoms with Crippen LogP contribution in [0, 0.1) is 0 Å². The fraction of sp³-hybridized carbons (Fsp3) is 0.643. The summed E-state index contributed by atoms with van der Waals surface area (Å²) in [6, 6.07) is 5.39. The summed E-state index contributed by atoms with van der Waals surface area (Å²) in [5.74, 6) is 0.755. The Balaban J connectivity index is 1.77. The Bertz CT molecular complexity index is 412. The first-order valence-electron chi connectivity index (χ1n) is 6.65. The van der Waals surface area contributed by atoms with Gasteiger partial charge in [-0.3, -0.25) is 4.90 Å². The molecule has 18 heavy (non-hydrogen) atoms. The third-order valence-electron chi connectivity index (χ3n) is 4.22. The SMILES string of the molecule is COc1ncccc1CN1C2CCC1CC(Cl)C2. The van der Waals surface area contributed by atoms with Gasteiger partial charge in [0, 0.05) is 35.8 Å². The van der Waals surface area contributed by atoms with Crippen LogP contribution in [0.25, 0.3) is 0 Å². The standard InChI is InChI=1S/C14H19ClN2O/c1-18-14-10(3-2-6-16-14)9-17-12-4-5-13(17)8-11(15)7-12/h2-3,6,11-13H,4-5,7-9H2,1H3. The summed E-state index contributed by atoms with van der Waals surface area (Å²) in [5, 5.41) is 0.370. The van der Waals surface area contributed by atoms with E-state index in [0.29, 0.717) is 17.5 Å². The van der Waals surface area contributed by atoms with Crippen molar-refractivity contribution in [2.45, 2.75) is 49.7 Å². The molecule has 2 unspecified atom stereocenters. The number of hydrogen-bond acceptors (Lipinski definition) is 3. The first-order valence-corrected chi connectivity index (χ1v) is 7.09. The molecule has 2 saturated heterocycles. The van der Waals surface area contributed by atoms with Crippen LogP contribution >= 0.6 is 11.6 Å². The molecular weight excluding hydrogens is 248 g/mol. The van der Waals surface area contributed by atoms with Gasteiger partial charge in [-0.2, -0.15) is 0 Å². The summed E-state index contributed by atoms with van der Waals surface area (Å²) in [7, 11) is 1.69. The van der Waals surface area contributed by atoms with E-state index < -0.39 is 0 Å². The van der Waals surface area contributed by atoms with Crippen molar-refractivity contribution >= 4 is 11.6 Å². The van der Waals surface area contributed by atoms with E-state index in [4.69, 9.17) is 16.3 Å². The molecule has 4 heteroatoms. The number of piperidine rings is 1. The largest absolute Gasteiger partial charge is 0.481 e. The number of fused-ring (bicyclic) bond motifs is 2. The zero-order valence-electron chi connectivity index (χ0n) is 10.7. The van der Waals surface area contributed by atoms with E-state index in [2.05, 4.69) is 16.0 Å². The summed E-state index contributed by atoms with van der Waals surface area (Å²) < 4.78 is 5.34. The average Bonchev–Trinajstić information content (AvgIpc) is 2.62. The van der Waals surface area contributed by atoms with E-state index in [1.165, 1.54) is 18.4 Å². The predicted octanol–water partition coefficient (Wildman–Crippen LogP) is 2.82. The summed E-state index contributed by atoms with van der Waals surface area (Å²) in [6.45, 7) is 0.940. The van der Waals surface area contributed by atoms with Crippen LogP contribution in [0.15, 0.2) is 18.3 Å². The van der Waals surface area contributed by atoms with Crippen LogP contribution in [0.1, 0.15) is 31.2 Å². The second kappa shape index (κ2) is 5.06. The van der Waals surface area contributed by atoms with Crippen LogP contribution in [0.3, 0.4) is 0 Å². The monoisotopic (exact) mass is 266 g/mol. The van der Waals surface area contributed by atoms with Crippen LogP contribution in [-0.4, -0.2) is 34.5 Å². The van der Waals surface area contributed by atoms with E-state index in [0.717, 1.165) is 25.3 Å². The minimum absolute atomic E-state index is 0.370. The number of halogens is 1. The predicted molar refractivity (Wildman–Crippen MR) is 72.0 cm³/mol. The van der Waals surface area contributed by atoms with Gasteiger partial charge in [0.15, 0.2) is 0 Å². The molecule has 0 N–H and O–H groups in total. The molecule has 0 spiro atoms. The quantitative estimate of drug-likeness (QED) is 0.787. The summed E-state index contributed by atoms with van der Waals surface area (Å²) in [4.78, 5) is 6.87. The normalized spacial score (nSPS) is 31.6. The Kier molecular flexibility index (Phi) is 3.44. The third kappa shape index (κ3) is 2.21. The van der Waals surface area contributed by atoms with Crippen LogP contribution in [0.4, 0.5) is 0 Å². The molecule has 3 rings (SSSR count). The number of alkyl halides is 1. The number of ether oxygens (including phenoxy) is 1. The fourth-order valence-electron chi connectivity index (χ4n) is 3.39. The van der Waals surface area contributed by atoms with Gasteiger partial charge in [-0.05, 0) is 31.7 Å². The number of aromatic nitrogens is 1. The molecule has 2 fully saturated rings. The molecule has 0 amide bonds. The molecule has 1 aromatic heterocycles. The van der Waals surface area contributed by atoms with Crippen LogP contribution in [0.5, 0.6) is 5.88 Å². The topological polar surface area (TPSA) is 25.4 Å². The Hall–Kier alpha value is -0.800. The highest BCUT2D eigenvalue weighted by Crippen LogP contribution is 2.39. The Labute approximate surface area is 113 Å². The Morgan fingerprint density at radius 3 is 2.78 bits per heavy atom. The van der Waals surface area contributed by atoms with Crippen molar-refractivity contribution in [3.8, 4) is 5.88 Å². The lowest BCUT2D eigenvalue weighted by Gasteiger charge is -2.37. The van der Waals surface area contributed by atoms with E-state index in [-0.39, 0.29) is 0 Å². The van der Waals surface area contributed by atoms with E-state index >= 15 is 0 Å². The molecule has 3 heterocycles. The molecule has 3 nitrogen and oxygen atoms in total. The first-order chi connectivity index (χ1) is 8.78. The molecule has 2 atom stereocenters. The van der Waals surface area contributed by atoms with E-state index in [1.807, 2.05) is 6.07 Å². The van der Waals surface area contributed by atoms with Crippen molar-refractivity contribution in [3.05, 3.63) is 23.9 Å². The summed E-state index contributed by atoms with van der Waals surface area (Å²) >= 11 is 6.31. The molecule has 0 aromatic carbocycles. The smallest absolute Gasteiger partial charge is 0.217 e. The zero-order valence-corrected chi connectivity index (χ0v) is 11.4. The minimum atomic E-state index is 0.370. The van der Waals surface area contributed by atoms with Gasteiger partial charge >= 0.3 is 0 Å². The van der Waals surface area contributed by atoms with Crippen molar-refractivity contribution in [1.82, 2.24) is 9.88 Å². The van der Waals surface area contributed by atoms with E-state index in [1.54, 1.807) is 13.3 Å². The molecule has 2 aliphatic rings. The minimum Gasteiger partial charge on any atom is -0.481 e. The summed E-state index contributed by atoms with van der Waals surface area (Å²) in [6.07, 6.45) is 6.61. The van der Waals surface area contributed by atoms with Crippen molar-refractivity contribution < 1.29 is 4.74 Å². The maximum atomic E-state index is 6.31. The highest BCUT2D eigenvalue weighted by atomic mass is 35.5. The zero-order chi connectivity index (χ0) is 12.5. The molecule has 1 aromatic rings. The van der Waals surface area contributed by atoms with Gasteiger partial charge in [0.1, 0.15) is 0 Å². The molecular formula is C14H19ClN2O. The molecule has 0 radical (unpaired) electrons. The molecule has 98 valence electrons. The van der Waals surface area contributed by atoms with Crippen LogP contribution < -0.4 is 4.74 Å². The molecule has 0 aliphatic carbocycles. The van der Waals surface area contributed by atoms with Crippen molar-refractivity contribution in [3.63, 3.8) is 0 Å². The van der Waals surface area contributed by atoms with Gasteiger partial charge in [0.25, 0.3) is 0 Å². The van der Waals surface area contributed by atoms with Gasteiger partial charge in [-0.25, -0.2) is 4.98 Å². The maximum absolute atomic E-state index is 6.31. The highest BCUT2D eigenvalue weighted by Gasteiger charge is 2.40. The first kappa shape index (κ1) is 12.2. The van der Waals surface area contributed by atoms with Crippen LogP contribution in [0.2, 0.25) is 0 Å². The van der Waals surface area contributed by atoms with Crippen molar-refractivity contribution in [2.75, 3.05) is 7.11 Å². The van der Waals surface area contributed by atoms with Gasteiger partial charge < -0.3 is 4.74 Å². The molecule has 2 bridgehead atoms. The Morgan fingerprint density at radius 2 is 2.11 bits per heavy atom. The molecule has 2 aliphatic heterocycles. The maximum Gasteiger partial charge on any atom is 0.217 e. The van der Waals surface area contributed by atoms with Crippen LogP contribution in [-0.2, 0) is 6.54 Å².